The van der Waals surface area contributed by atoms with Gasteiger partial charge in [0.15, 0.2) is 0 Å². The van der Waals surface area contributed by atoms with Gasteiger partial charge < -0.3 is 9.80 Å². The summed E-state index contributed by atoms with van der Waals surface area (Å²) < 4.78 is 13.3. The SMILES string of the molecule is O=C([C@@H](Cc1ccccc1)N1C(=O)c2ccccc2C1=O)N1CCN(c2ccc(F)cc2)CC1. The molecule has 1 atom stereocenters. The van der Waals surface area contributed by atoms with Gasteiger partial charge in [-0.15, -0.1) is 0 Å². The highest BCUT2D eigenvalue weighted by Gasteiger charge is 2.44. The summed E-state index contributed by atoms with van der Waals surface area (Å²) in [5.41, 5.74) is 2.44. The summed E-state index contributed by atoms with van der Waals surface area (Å²) in [4.78, 5) is 45.0. The smallest absolute Gasteiger partial charge is 0.262 e. The number of hydrogen-bond donors (Lipinski definition) is 0. The Morgan fingerprint density at radius 1 is 0.765 bits per heavy atom. The normalized spacial score (nSPS) is 16.6. The Morgan fingerprint density at radius 2 is 1.32 bits per heavy atom. The molecule has 2 aliphatic rings. The van der Waals surface area contributed by atoms with Crippen LogP contribution in [0.25, 0.3) is 0 Å². The lowest BCUT2D eigenvalue weighted by atomic mass is 10.0. The van der Waals surface area contributed by atoms with Crippen LogP contribution >= 0.6 is 0 Å². The molecule has 0 unspecified atom stereocenters. The summed E-state index contributed by atoms with van der Waals surface area (Å²) in [6, 6.07) is 21.5. The van der Waals surface area contributed by atoms with Crippen LogP contribution in [0.3, 0.4) is 0 Å². The highest BCUT2D eigenvalue weighted by atomic mass is 19.1. The van der Waals surface area contributed by atoms with E-state index in [2.05, 4.69) is 4.90 Å². The van der Waals surface area contributed by atoms with Crippen LogP contribution in [0.1, 0.15) is 26.3 Å². The second-order valence-electron chi connectivity index (χ2n) is 8.52. The van der Waals surface area contributed by atoms with E-state index in [1.165, 1.54) is 12.1 Å². The number of anilines is 1. The highest BCUT2D eigenvalue weighted by Crippen LogP contribution is 2.27. The van der Waals surface area contributed by atoms with Gasteiger partial charge in [0.2, 0.25) is 5.91 Å². The Hall–Kier alpha value is -4.00. The van der Waals surface area contributed by atoms with Gasteiger partial charge in [-0.05, 0) is 42.0 Å². The molecular weight excluding hydrogens is 433 g/mol. The molecule has 6 nitrogen and oxygen atoms in total. The molecule has 2 aliphatic heterocycles. The van der Waals surface area contributed by atoms with E-state index in [4.69, 9.17) is 0 Å². The Kier molecular flexibility index (Phi) is 5.84. The van der Waals surface area contributed by atoms with Crippen molar-refractivity contribution in [3.63, 3.8) is 0 Å². The fraction of sp³-hybridized carbons (Fsp3) is 0.222. The van der Waals surface area contributed by atoms with E-state index in [9.17, 15) is 18.8 Å². The van der Waals surface area contributed by atoms with Gasteiger partial charge in [-0.1, -0.05) is 42.5 Å². The number of nitrogens with zero attached hydrogens (tertiary/aromatic N) is 3. The van der Waals surface area contributed by atoms with Crippen molar-refractivity contribution in [2.24, 2.45) is 0 Å². The highest BCUT2D eigenvalue weighted by molar-refractivity contribution is 6.22. The zero-order valence-corrected chi connectivity index (χ0v) is 18.6. The van der Waals surface area contributed by atoms with Crippen molar-refractivity contribution in [1.82, 2.24) is 9.80 Å². The summed E-state index contributed by atoms with van der Waals surface area (Å²) >= 11 is 0. The average Bonchev–Trinajstić information content (AvgIpc) is 3.13. The second kappa shape index (κ2) is 9.09. The topological polar surface area (TPSA) is 60.9 Å². The number of fused-ring (bicyclic) bond motifs is 1. The molecule has 0 radical (unpaired) electrons. The number of piperazine rings is 1. The first-order valence-corrected chi connectivity index (χ1v) is 11.3. The fourth-order valence-electron chi connectivity index (χ4n) is 4.67. The van der Waals surface area contributed by atoms with Crippen molar-refractivity contribution in [2.75, 3.05) is 31.1 Å². The fourth-order valence-corrected chi connectivity index (χ4v) is 4.67. The van der Waals surface area contributed by atoms with Crippen LogP contribution in [0.5, 0.6) is 0 Å². The van der Waals surface area contributed by atoms with Gasteiger partial charge in [-0.3, -0.25) is 19.3 Å². The Balaban J connectivity index is 1.38. The quantitative estimate of drug-likeness (QED) is 0.551. The van der Waals surface area contributed by atoms with E-state index in [1.54, 1.807) is 41.3 Å². The third-order valence-electron chi connectivity index (χ3n) is 6.48. The molecule has 1 saturated heterocycles. The molecule has 2 heterocycles. The van der Waals surface area contributed by atoms with Crippen LogP contribution < -0.4 is 4.90 Å². The zero-order valence-electron chi connectivity index (χ0n) is 18.6. The van der Waals surface area contributed by atoms with Crippen molar-refractivity contribution in [1.29, 1.82) is 0 Å². The van der Waals surface area contributed by atoms with Crippen LogP contribution in [0.2, 0.25) is 0 Å². The van der Waals surface area contributed by atoms with E-state index < -0.39 is 17.9 Å². The molecular formula is C27H24FN3O3. The van der Waals surface area contributed by atoms with Crippen molar-refractivity contribution >= 4 is 23.4 Å². The van der Waals surface area contributed by atoms with Crippen LogP contribution in [0, 0.1) is 5.82 Å². The molecule has 34 heavy (non-hydrogen) atoms. The number of hydrogen-bond acceptors (Lipinski definition) is 4. The minimum absolute atomic E-state index is 0.239. The van der Waals surface area contributed by atoms with Gasteiger partial charge in [-0.25, -0.2) is 4.39 Å². The summed E-state index contributed by atoms with van der Waals surface area (Å²) in [7, 11) is 0. The zero-order chi connectivity index (χ0) is 23.7. The van der Waals surface area contributed by atoms with E-state index >= 15 is 0 Å². The number of imide groups is 1. The van der Waals surface area contributed by atoms with Gasteiger partial charge in [0.05, 0.1) is 11.1 Å². The average molecular weight is 458 g/mol. The van der Waals surface area contributed by atoms with E-state index in [0.717, 1.165) is 16.2 Å². The van der Waals surface area contributed by atoms with Crippen LogP contribution in [-0.2, 0) is 11.2 Å². The molecule has 0 N–H and O–H groups in total. The van der Waals surface area contributed by atoms with Gasteiger partial charge in [0, 0.05) is 38.3 Å². The maximum absolute atomic E-state index is 13.7. The Morgan fingerprint density at radius 3 is 1.91 bits per heavy atom. The lowest BCUT2D eigenvalue weighted by Gasteiger charge is -2.38. The summed E-state index contributed by atoms with van der Waals surface area (Å²) in [5.74, 6) is -1.39. The van der Waals surface area contributed by atoms with Crippen molar-refractivity contribution in [3.05, 3.63) is 101 Å². The summed E-state index contributed by atoms with van der Waals surface area (Å²) in [6.07, 6.45) is 0.253. The molecule has 3 amide bonds. The van der Waals surface area contributed by atoms with Crippen molar-refractivity contribution in [3.8, 4) is 0 Å². The number of carbonyl (C=O) groups excluding carboxylic acids is 3. The maximum atomic E-state index is 13.7. The molecule has 3 aromatic rings. The third kappa shape index (κ3) is 4.05. The maximum Gasteiger partial charge on any atom is 0.262 e. The molecule has 0 bridgehead atoms. The summed E-state index contributed by atoms with van der Waals surface area (Å²) in [5, 5.41) is 0. The minimum Gasteiger partial charge on any atom is -0.368 e. The Labute approximate surface area is 197 Å². The molecule has 172 valence electrons. The standard InChI is InChI=1S/C27H24FN3O3/c28-20-10-12-21(13-11-20)29-14-16-30(17-15-29)27(34)24(18-19-6-2-1-3-7-19)31-25(32)22-8-4-5-9-23(22)26(31)33/h1-13,24H,14-18H2/t24-/m1/s1. The van der Waals surface area contributed by atoms with Crippen molar-refractivity contribution in [2.45, 2.75) is 12.5 Å². The molecule has 0 spiro atoms. The lowest BCUT2D eigenvalue weighted by molar-refractivity contribution is -0.135. The predicted molar refractivity (Wildman–Crippen MR) is 126 cm³/mol. The number of carbonyl (C=O) groups is 3. The van der Waals surface area contributed by atoms with Crippen LogP contribution in [0.15, 0.2) is 78.9 Å². The molecule has 3 aromatic carbocycles. The molecule has 0 saturated carbocycles. The van der Waals surface area contributed by atoms with E-state index in [1.807, 2.05) is 30.3 Å². The van der Waals surface area contributed by atoms with Gasteiger partial charge in [-0.2, -0.15) is 0 Å². The number of halogens is 1. The molecule has 5 rings (SSSR count). The Bertz CT molecular complexity index is 1190. The first kappa shape index (κ1) is 21.8. The predicted octanol–water partition coefficient (Wildman–Crippen LogP) is 3.38. The molecule has 1 fully saturated rings. The summed E-state index contributed by atoms with van der Waals surface area (Å²) in [6.45, 7) is 2.06. The molecule has 7 heteroatoms. The first-order chi connectivity index (χ1) is 16.5. The van der Waals surface area contributed by atoms with Crippen LogP contribution in [-0.4, -0.2) is 59.7 Å². The number of amides is 3. The first-order valence-electron chi connectivity index (χ1n) is 11.3. The monoisotopic (exact) mass is 457 g/mol. The van der Waals surface area contributed by atoms with Gasteiger partial charge in [0.25, 0.3) is 11.8 Å². The minimum atomic E-state index is -0.924. The van der Waals surface area contributed by atoms with E-state index in [0.29, 0.717) is 37.3 Å². The van der Waals surface area contributed by atoms with Crippen molar-refractivity contribution < 1.29 is 18.8 Å². The number of benzene rings is 3. The van der Waals surface area contributed by atoms with Gasteiger partial charge >= 0.3 is 0 Å². The number of rotatable bonds is 5. The molecule has 0 aliphatic carbocycles. The van der Waals surface area contributed by atoms with Gasteiger partial charge in [0.1, 0.15) is 11.9 Å². The van der Waals surface area contributed by atoms with Crippen LogP contribution in [0.4, 0.5) is 10.1 Å². The largest absolute Gasteiger partial charge is 0.368 e. The molecule has 0 aromatic heterocycles. The van der Waals surface area contributed by atoms with E-state index in [-0.39, 0.29) is 18.1 Å². The second-order valence-corrected chi connectivity index (χ2v) is 8.52. The third-order valence-corrected chi connectivity index (χ3v) is 6.48. The lowest BCUT2D eigenvalue weighted by Crippen LogP contribution is -2.56.